The molecular formula is C13H15N3S. The van der Waals surface area contributed by atoms with Gasteiger partial charge in [0.1, 0.15) is 5.82 Å². The van der Waals surface area contributed by atoms with Gasteiger partial charge in [0.05, 0.1) is 6.54 Å². The summed E-state index contributed by atoms with van der Waals surface area (Å²) < 4.78 is 0. The normalized spacial score (nSPS) is 18.9. The summed E-state index contributed by atoms with van der Waals surface area (Å²) in [6.45, 7) is 0.751. The molecule has 2 aromatic rings. The Hall–Kier alpha value is -1.26. The van der Waals surface area contributed by atoms with Crippen LogP contribution < -0.4 is 5.32 Å². The maximum Gasteiger partial charge on any atom is 0.141 e. The molecule has 3 rings (SSSR count). The topological polar surface area (TPSA) is 37.8 Å². The van der Waals surface area contributed by atoms with Gasteiger partial charge in [-0.2, -0.15) is 0 Å². The highest BCUT2D eigenvalue weighted by Crippen LogP contribution is 2.33. The average Bonchev–Trinajstić information content (AvgIpc) is 2.86. The molecule has 4 heteroatoms. The second-order valence-electron chi connectivity index (χ2n) is 4.29. The minimum atomic E-state index is 0.480. The van der Waals surface area contributed by atoms with Gasteiger partial charge in [0.2, 0.25) is 0 Å². The Bertz CT molecular complexity index is 480. The minimum Gasteiger partial charge on any atom is -0.303 e. The zero-order valence-corrected chi connectivity index (χ0v) is 10.4. The first-order chi connectivity index (χ1) is 8.43. The second kappa shape index (κ2) is 4.94. The monoisotopic (exact) mass is 245 g/mol. The van der Waals surface area contributed by atoms with Crippen molar-refractivity contribution in [1.29, 1.82) is 0 Å². The van der Waals surface area contributed by atoms with Crippen LogP contribution in [0.4, 0.5) is 0 Å². The molecule has 0 saturated carbocycles. The lowest BCUT2D eigenvalue weighted by Gasteiger charge is -2.23. The van der Waals surface area contributed by atoms with Gasteiger partial charge in [-0.3, -0.25) is 0 Å². The lowest BCUT2D eigenvalue weighted by atomic mass is 9.94. The van der Waals surface area contributed by atoms with E-state index in [0.717, 1.165) is 12.4 Å². The third-order valence-electron chi connectivity index (χ3n) is 3.18. The van der Waals surface area contributed by atoms with Crippen LogP contribution in [0.3, 0.4) is 0 Å². The highest BCUT2D eigenvalue weighted by atomic mass is 32.1. The molecule has 0 saturated heterocycles. The molecule has 1 atom stereocenters. The molecule has 1 N–H and O–H groups in total. The predicted molar refractivity (Wildman–Crippen MR) is 68.9 cm³/mol. The molecule has 0 amide bonds. The van der Waals surface area contributed by atoms with E-state index < -0.39 is 0 Å². The van der Waals surface area contributed by atoms with Gasteiger partial charge in [0.25, 0.3) is 0 Å². The summed E-state index contributed by atoms with van der Waals surface area (Å²) in [5.41, 5.74) is 1.48. The van der Waals surface area contributed by atoms with E-state index in [0.29, 0.717) is 6.04 Å². The number of thiophene rings is 1. The van der Waals surface area contributed by atoms with E-state index in [1.165, 1.54) is 24.8 Å². The highest BCUT2D eigenvalue weighted by Gasteiger charge is 2.20. The van der Waals surface area contributed by atoms with Crippen molar-refractivity contribution < 1.29 is 0 Å². The van der Waals surface area contributed by atoms with E-state index in [9.17, 15) is 0 Å². The molecule has 1 unspecified atom stereocenters. The zero-order valence-electron chi connectivity index (χ0n) is 9.60. The molecule has 3 nitrogen and oxygen atoms in total. The summed E-state index contributed by atoms with van der Waals surface area (Å²) >= 11 is 1.88. The molecule has 0 aromatic carbocycles. The van der Waals surface area contributed by atoms with Gasteiger partial charge in [-0.05, 0) is 42.3 Å². The number of hydrogen-bond acceptors (Lipinski definition) is 4. The molecule has 17 heavy (non-hydrogen) atoms. The minimum absolute atomic E-state index is 0.480. The largest absolute Gasteiger partial charge is 0.303 e. The Balaban J connectivity index is 1.68. The summed E-state index contributed by atoms with van der Waals surface area (Å²) in [7, 11) is 0. The zero-order chi connectivity index (χ0) is 11.5. The lowest BCUT2D eigenvalue weighted by molar-refractivity contribution is 0.456. The molecule has 0 bridgehead atoms. The van der Waals surface area contributed by atoms with E-state index in [1.807, 2.05) is 17.4 Å². The van der Waals surface area contributed by atoms with E-state index >= 15 is 0 Å². The van der Waals surface area contributed by atoms with E-state index in [4.69, 9.17) is 0 Å². The van der Waals surface area contributed by atoms with Crippen molar-refractivity contribution in [1.82, 2.24) is 15.3 Å². The van der Waals surface area contributed by atoms with Gasteiger partial charge in [-0.15, -0.1) is 11.3 Å². The Labute approximate surface area is 105 Å². The Kier molecular flexibility index (Phi) is 3.16. The molecule has 88 valence electrons. The molecule has 2 aromatic heterocycles. The quantitative estimate of drug-likeness (QED) is 0.903. The third-order valence-corrected chi connectivity index (χ3v) is 4.17. The van der Waals surface area contributed by atoms with Gasteiger partial charge in [-0.1, -0.05) is 0 Å². The van der Waals surface area contributed by atoms with Crippen molar-refractivity contribution in [2.75, 3.05) is 0 Å². The Morgan fingerprint density at radius 1 is 1.35 bits per heavy atom. The fraction of sp³-hybridized carbons (Fsp3) is 0.385. The van der Waals surface area contributed by atoms with Crippen LogP contribution in [-0.4, -0.2) is 9.97 Å². The molecule has 0 fully saturated rings. The van der Waals surface area contributed by atoms with E-state index in [1.54, 1.807) is 17.3 Å². The van der Waals surface area contributed by atoms with Crippen LogP contribution in [0.1, 0.15) is 35.1 Å². The van der Waals surface area contributed by atoms with Crippen molar-refractivity contribution in [2.24, 2.45) is 0 Å². The average molecular weight is 245 g/mol. The second-order valence-corrected chi connectivity index (χ2v) is 5.29. The van der Waals surface area contributed by atoms with Crippen LogP contribution in [0.15, 0.2) is 29.9 Å². The summed E-state index contributed by atoms with van der Waals surface area (Å²) in [4.78, 5) is 10.0. The van der Waals surface area contributed by atoms with Crippen LogP contribution in [0.2, 0.25) is 0 Å². The number of rotatable bonds is 3. The van der Waals surface area contributed by atoms with Gasteiger partial charge in [-0.25, -0.2) is 9.97 Å². The van der Waals surface area contributed by atoms with Gasteiger partial charge >= 0.3 is 0 Å². The Morgan fingerprint density at radius 2 is 2.24 bits per heavy atom. The summed E-state index contributed by atoms with van der Waals surface area (Å²) in [5.74, 6) is 0.870. The lowest BCUT2D eigenvalue weighted by Crippen LogP contribution is -2.24. The van der Waals surface area contributed by atoms with Crippen molar-refractivity contribution >= 4 is 11.3 Å². The number of aromatic nitrogens is 2. The fourth-order valence-electron chi connectivity index (χ4n) is 2.33. The van der Waals surface area contributed by atoms with Gasteiger partial charge < -0.3 is 5.32 Å². The van der Waals surface area contributed by atoms with Crippen LogP contribution in [0.25, 0.3) is 0 Å². The predicted octanol–water partition coefficient (Wildman–Crippen LogP) is 2.71. The third kappa shape index (κ3) is 2.37. The van der Waals surface area contributed by atoms with Crippen molar-refractivity contribution in [3.8, 4) is 0 Å². The van der Waals surface area contributed by atoms with Gasteiger partial charge in [0.15, 0.2) is 0 Å². The first-order valence-corrected chi connectivity index (χ1v) is 6.87. The summed E-state index contributed by atoms with van der Waals surface area (Å²) in [6.07, 6.45) is 7.33. The molecule has 1 aliphatic rings. The molecular weight excluding hydrogens is 230 g/mol. The summed E-state index contributed by atoms with van der Waals surface area (Å²) in [6, 6.07) is 4.58. The standard InChI is InChI=1S/C13H15N3S/c1-3-11(10-5-8-17-12(10)4-1)16-9-13-14-6-2-7-15-13/h2,5-8,11,16H,1,3-4,9H2. The number of nitrogens with one attached hydrogen (secondary N) is 1. The van der Waals surface area contributed by atoms with Crippen LogP contribution in [-0.2, 0) is 13.0 Å². The summed E-state index contributed by atoms with van der Waals surface area (Å²) in [5, 5.41) is 5.76. The molecule has 0 aliphatic heterocycles. The number of hydrogen-bond donors (Lipinski definition) is 1. The van der Waals surface area contributed by atoms with Crippen LogP contribution >= 0.6 is 11.3 Å². The molecule has 0 spiro atoms. The maximum absolute atomic E-state index is 4.24. The Morgan fingerprint density at radius 3 is 3.12 bits per heavy atom. The molecule has 1 aliphatic carbocycles. The van der Waals surface area contributed by atoms with Gasteiger partial charge in [0, 0.05) is 23.3 Å². The first kappa shape index (κ1) is 10.9. The smallest absolute Gasteiger partial charge is 0.141 e. The number of nitrogens with zero attached hydrogens (tertiary/aromatic N) is 2. The molecule has 2 heterocycles. The van der Waals surface area contributed by atoms with E-state index in [-0.39, 0.29) is 0 Å². The maximum atomic E-state index is 4.24. The number of fused-ring (bicyclic) bond motifs is 1. The molecule has 0 radical (unpaired) electrons. The van der Waals surface area contributed by atoms with E-state index in [2.05, 4.69) is 26.7 Å². The highest BCUT2D eigenvalue weighted by molar-refractivity contribution is 7.10. The van der Waals surface area contributed by atoms with Crippen LogP contribution in [0, 0.1) is 0 Å². The first-order valence-electron chi connectivity index (χ1n) is 5.99. The SMILES string of the molecule is c1cnc(CNC2CCCc3sccc32)nc1. The number of aryl methyl sites for hydroxylation is 1. The fourth-order valence-corrected chi connectivity index (χ4v) is 3.32. The van der Waals surface area contributed by atoms with Crippen LogP contribution in [0.5, 0.6) is 0 Å². The van der Waals surface area contributed by atoms with Crippen molar-refractivity contribution in [3.05, 3.63) is 46.2 Å². The van der Waals surface area contributed by atoms with Crippen molar-refractivity contribution in [2.45, 2.75) is 31.8 Å². The van der Waals surface area contributed by atoms with Crippen molar-refractivity contribution in [3.63, 3.8) is 0 Å².